The zero-order valence-corrected chi connectivity index (χ0v) is 12.9. The van der Waals surface area contributed by atoms with Crippen molar-refractivity contribution in [1.29, 1.82) is 0 Å². The summed E-state index contributed by atoms with van der Waals surface area (Å²) in [6.45, 7) is 2.05. The highest BCUT2D eigenvalue weighted by molar-refractivity contribution is 8.13. The van der Waals surface area contributed by atoms with E-state index in [1.807, 2.05) is 24.3 Å². The van der Waals surface area contributed by atoms with E-state index in [0.717, 1.165) is 5.52 Å². The van der Waals surface area contributed by atoms with Crippen molar-refractivity contribution >= 4 is 33.9 Å². The van der Waals surface area contributed by atoms with Gasteiger partial charge in [0.2, 0.25) is 0 Å². The maximum Gasteiger partial charge on any atom is 0.359 e. The number of esters is 1. The van der Waals surface area contributed by atoms with Gasteiger partial charge in [-0.05, 0) is 30.8 Å². The molecule has 110 valence electrons. The Morgan fingerprint density at radius 2 is 2.00 bits per heavy atom. The number of benzene rings is 1. The van der Waals surface area contributed by atoms with Gasteiger partial charge in [-0.3, -0.25) is 4.99 Å². The molecule has 1 N–H and O–H groups in total. The van der Waals surface area contributed by atoms with Gasteiger partial charge in [-0.15, -0.1) is 0 Å². The molecule has 21 heavy (non-hydrogen) atoms. The van der Waals surface area contributed by atoms with Crippen molar-refractivity contribution < 1.29 is 9.53 Å². The predicted molar refractivity (Wildman–Crippen MR) is 83.8 cm³/mol. The first-order valence-corrected chi connectivity index (χ1v) is 7.27. The standard InChI is InChI=1S/C14H16N4O2S/c1-4-20-13(19)11-12(21-14(15-2)16-3)18-10-8-6-5-7-9(10)17-11/h5-8H,4H2,1-3H3,(H,15,16). The second kappa shape index (κ2) is 7.03. The Bertz CT molecular complexity index is 688. The molecule has 0 saturated carbocycles. The van der Waals surface area contributed by atoms with Crippen LogP contribution < -0.4 is 5.32 Å². The maximum absolute atomic E-state index is 12.1. The molecule has 0 aliphatic rings. The Hall–Kier alpha value is -2.15. The molecule has 0 bridgehead atoms. The smallest absolute Gasteiger partial charge is 0.359 e. The number of fused-ring (bicyclic) bond motifs is 1. The number of rotatable bonds is 3. The predicted octanol–water partition coefficient (Wildman–Crippen LogP) is 2.10. The molecule has 0 amide bonds. The molecule has 0 saturated heterocycles. The summed E-state index contributed by atoms with van der Waals surface area (Å²) in [5.41, 5.74) is 1.58. The molecule has 2 rings (SSSR count). The number of aromatic nitrogens is 2. The molecule has 1 heterocycles. The number of nitrogens with one attached hydrogen (secondary N) is 1. The zero-order valence-electron chi connectivity index (χ0n) is 12.1. The summed E-state index contributed by atoms with van der Waals surface area (Å²) in [5, 5.41) is 4.06. The van der Waals surface area contributed by atoms with E-state index >= 15 is 0 Å². The van der Waals surface area contributed by atoms with Crippen molar-refractivity contribution in [2.24, 2.45) is 4.99 Å². The lowest BCUT2D eigenvalue weighted by Gasteiger charge is -2.09. The second-order valence-corrected chi connectivity index (χ2v) is 4.94. The van der Waals surface area contributed by atoms with E-state index in [1.165, 1.54) is 11.8 Å². The average molecular weight is 304 g/mol. The van der Waals surface area contributed by atoms with Gasteiger partial charge in [0.05, 0.1) is 17.6 Å². The van der Waals surface area contributed by atoms with Crippen LogP contribution in [0, 0.1) is 0 Å². The van der Waals surface area contributed by atoms with Crippen molar-refractivity contribution in [1.82, 2.24) is 15.3 Å². The molecule has 0 atom stereocenters. The monoisotopic (exact) mass is 304 g/mol. The minimum atomic E-state index is -0.482. The van der Waals surface area contributed by atoms with E-state index in [-0.39, 0.29) is 12.3 Å². The molecule has 0 fully saturated rings. The van der Waals surface area contributed by atoms with Crippen LogP contribution in [0.3, 0.4) is 0 Å². The van der Waals surface area contributed by atoms with E-state index < -0.39 is 5.97 Å². The fourth-order valence-corrected chi connectivity index (χ4v) is 2.43. The van der Waals surface area contributed by atoms with Gasteiger partial charge < -0.3 is 10.1 Å². The van der Waals surface area contributed by atoms with E-state index in [1.54, 1.807) is 21.0 Å². The Morgan fingerprint density at radius 1 is 1.33 bits per heavy atom. The highest BCUT2D eigenvalue weighted by Gasteiger charge is 2.19. The highest BCUT2D eigenvalue weighted by Crippen LogP contribution is 2.23. The van der Waals surface area contributed by atoms with Crippen molar-refractivity contribution in [2.45, 2.75) is 11.9 Å². The fourth-order valence-electron chi connectivity index (χ4n) is 1.69. The van der Waals surface area contributed by atoms with Crippen LogP contribution in [-0.4, -0.2) is 41.8 Å². The van der Waals surface area contributed by atoms with Crippen molar-refractivity contribution in [2.75, 3.05) is 20.7 Å². The van der Waals surface area contributed by atoms with Crippen LogP contribution in [0.5, 0.6) is 0 Å². The summed E-state index contributed by atoms with van der Waals surface area (Å²) in [7, 11) is 3.42. The van der Waals surface area contributed by atoms with Gasteiger partial charge >= 0.3 is 5.97 Å². The number of thioether (sulfide) groups is 1. The summed E-state index contributed by atoms with van der Waals surface area (Å²) in [4.78, 5) is 25.0. The SMILES string of the molecule is CCOC(=O)c1nc2ccccc2nc1S/C(=N/C)NC. The largest absolute Gasteiger partial charge is 0.461 e. The lowest BCUT2D eigenvalue weighted by atomic mass is 10.3. The number of amidine groups is 1. The Kier molecular flexibility index (Phi) is 5.10. The summed E-state index contributed by atoms with van der Waals surface area (Å²) < 4.78 is 5.05. The maximum atomic E-state index is 12.1. The molecule has 6 nitrogen and oxygen atoms in total. The van der Waals surface area contributed by atoms with Crippen LogP contribution >= 0.6 is 11.8 Å². The summed E-state index contributed by atoms with van der Waals surface area (Å²) in [6, 6.07) is 7.39. The van der Waals surface area contributed by atoms with Crippen LogP contribution in [-0.2, 0) is 4.74 Å². The lowest BCUT2D eigenvalue weighted by Crippen LogP contribution is -2.16. The minimum absolute atomic E-state index is 0.206. The average Bonchev–Trinajstić information content (AvgIpc) is 2.52. The normalized spacial score (nSPS) is 11.5. The number of ether oxygens (including phenoxy) is 1. The molecule has 7 heteroatoms. The van der Waals surface area contributed by atoms with Gasteiger partial charge in [0.1, 0.15) is 5.03 Å². The van der Waals surface area contributed by atoms with Gasteiger partial charge in [0.25, 0.3) is 0 Å². The Labute approximate surface area is 127 Å². The minimum Gasteiger partial charge on any atom is -0.461 e. The number of carbonyl (C=O) groups is 1. The molecule has 1 aromatic carbocycles. The zero-order chi connectivity index (χ0) is 15.2. The van der Waals surface area contributed by atoms with E-state index in [9.17, 15) is 4.79 Å². The molecule has 0 radical (unpaired) electrons. The van der Waals surface area contributed by atoms with Crippen LogP contribution in [0.25, 0.3) is 11.0 Å². The third-order valence-electron chi connectivity index (χ3n) is 2.62. The number of carbonyl (C=O) groups excluding carboxylic acids is 1. The number of aliphatic imine (C=N–C) groups is 1. The molecule has 2 aromatic rings. The van der Waals surface area contributed by atoms with Crippen LogP contribution in [0.1, 0.15) is 17.4 Å². The molecule has 0 aliphatic heterocycles. The molecular weight excluding hydrogens is 288 g/mol. The van der Waals surface area contributed by atoms with E-state index in [2.05, 4.69) is 20.3 Å². The van der Waals surface area contributed by atoms with Gasteiger partial charge in [-0.2, -0.15) is 0 Å². The number of hydrogen-bond donors (Lipinski definition) is 1. The topological polar surface area (TPSA) is 76.5 Å². The number of hydrogen-bond acceptors (Lipinski definition) is 6. The molecule has 0 aliphatic carbocycles. The van der Waals surface area contributed by atoms with Gasteiger partial charge in [-0.1, -0.05) is 12.1 Å². The summed E-state index contributed by atoms with van der Waals surface area (Å²) >= 11 is 1.25. The van der Waals surface area contributed by atoms with Crippen molar-refractivity contribution in [3.8, 4) is 0 Å². The molecule has 0 unspecified atom stereocenters. The highest BCUT2D eigenvalue weighted by atomic mass is 32.2. The Morgan fingerprint density at radius 3 is 2.57 bits per heavy atom. The van der Waals surface area contributed by atoms with Crippen molar-refractivity contribution in [3.63, 3.8) is 0 Å². The number of nitrogens with zero attached hydrogens (tertiary/aromatic N) is 3. The Balaban J connectivity index is 2.53. The van der Waals surface area contributed by atoms with Gasteiger partial charge in [0.15, 0.2) is 10.9 Å². The fraction of sp³-hybridized carbons (Fsp3) is 0.286. The number of para-hydroxylation sites is 2. The first kappa shape index (κ1) is 15.2. The molecule has 0 spiro atoms. The first-order chi connectivity index (χ1) is 10.2. The van der Waals surface area contributed by atoms with Crippen LogP contribution in [0.15, 0.2) is 34.3 Å². The molecule has 1 aromatic heterocycles. The first-order valence-electron chi connectivity index (χ1n) is 6.45. The lowest BCUT2D eigenvalue weighted by molar-refractivity contribution is 0.0514. The van der Waals surface area contributed by atoms with Crippen LogP contribution in [0.4, 0.5) is 0 Å². The summed E-state index contributed by atoms with van der Waals surface area (Å²) in [5.74, 6) is -0.482. The molecular formula is C14H16N4O2S. The quantitative estimate of drug-likeness (QED) is 0.405. The van der Waals surface area contributed by atoms with Gasteiger partial charge in [-0.25, -0.2) is 14.8 Å². The van der Waals surface area contributed by atoms with Gasteiger partial charge in [0, 0.05) is 14.1 Å². The second-order valence-electron chi connectivity index (χ2n) is 3.97. The third kappa shape index (κ3) is 3.49. The van der Waals surface area contributed by atoms with E-state index in [0.29, 0.717) is 15.7 Å². The van der Waals surface area contributed by atoms with Crippen LogP contribution in [0.2, 0.25) is 0 Å². The third-order valence-corrected chi connectivity index (χ3v) is 3.68. The van der Waals surface area contributed by atoms with E-state index in [4.69, 9.17) is 4.74 Å². The summed E-state index contributed by atoms with van der Waals surface area (Å²) in [6.07, 6.45) is 0. The van der Waals surface area contributed by atoms with Crippen molar-refractivity contribution in [3.05, 3.63) is 30.0 Å².